The van der Waals surface area contributed by atoms with Gasteiger partial charge in [-0.25, -0.2) is 0 Å². The summed E-state index contributed by atoms with van der Waals surface area (Å²) in [5.74, 6) is 0. The van der Waals surface area contributed by atoms with Crippen LogP contribution in [-0.2, 0) is 5.41 Å². The van der Waals surface area contributed by atoms with Gasteiger partial charge in [0.25, 0.3) is 0 Å². The van der Waals surface area contributed by atoms with E-state index in [-0.39, 0.29) is 0 Å². The molecule has 2 aliphatic carbocycles. The Morgan fingerprint density at radius 3 is 1.33 bits per heavy atom. The lowest BCUT2D eigenvalue weighted by Gasteiger charge is -2.32. The molecule has 0 amide bonds. The smallest absolute Gasteiger partial charge is 0.0726 e. The molecule has 15 rings (SSSR count). The number of thiophene rings is 1. The van der Waals surface area contributed by atoms with Crippen LogP contribution in [0.4, 0.5) is 17.1 Å². The normalized spacial score (nSPS) is 13.0. The van der Waals surface area contributed by atoms with Gasteiger partial charge in [-0.3, -0.25) is 0 Å². The Bertz CT molecular complexity index is 4140. The van der Waals surface area contributed by atoms with Crippen LogP contribution >= 0.6 is 11.3 Å². The maximum absolute atomic E-state index is 2.52. The van der Waals surface area contributed by atoms with Gasteiger partial charge in [0.1, 0.15) is 0 Å². The van der Waals surface area contributed by atoms with Crippen LogP contribution in [0.2, 0.25) is 0 Å². The Hall–Kier alpha value is -8.56. The zero-order valence-corrected chi connectivity index (χ0v) is 38.3. The Kier molecular flexibility index (Phi) is 8.22. The van der Waals surface area contributed by atoms with Crippen molar-refractivity contribution >= 4 is 80.9 Å². The molecule has 13 aromatic rings. The number of nitrogens with zero attached hydrogens (tertiary/aromatic N) is 1. The van der Waals surface area contributed by atoms with E-state index in [1.54, 1.807) is 0 Å². The molecule has 2 aliphatic rings. The number of hydrogen-bond donors (Lipinski definition) is 0. The highest BCUT2D eigenvalue weighted by molar-refractivity contribution is 7.25. The minimum atomic E-state index is -0.456. The average molecular weight is 892 g/mol. The highest BCUT2D eigenvalue weighted by Crippen LogP contribution is 2.63. The van der Waals surface area contributed by atoms with E-state index in [1.807, 2.05) is 11.3 Å². The van der Waals surface area contributed by atoms with Crippen molar-refractivity contribution in [1.82, 2.24) is 0 Å². The summed E-state index contributed by atoms with van der Waals surface area (Å²) in [5.41, 5.74) is 18.3. The summed E-state index contributed by atoms with van der Waals surface area (Å²) in [6.45, 7) is 0. The Labute approximate surface area is 404 Å². The lowest BCUT2D eigenvalue weighted by molar-refractivity contribution is 0.793. The molecule has 1 aromatic heterocycles. The third-order valence-corrected chi connectivity index (χ3v) is 16.4. The van der Waals surface area contributed by atoms with Crippen LogP contribution in [0.5, 0.6) is 0 Å². The number of rotatable bonds is 5. The van der Waals surface area contributed by atoms with Crippen LogP contribution in [0.15, 0.2) is 249 Å². The van der Waals surface area contributed by atoms with Crippen LogP contribution in [0, 0.1) is 0 Å². The first-order valence-electron chi connectivity index (χ1n) is 23.9. The molecule has 1 nitrogen and oxygen atoms in total. The van der Waals surface area contributed by atoms with E-state index in [4.69, 9.17) is 0 Å². The first kappa shape index (κ1) is 38.5. The highest BCUT2D eigenvalue weighted by Gasteiger charge is 2.51. The molecular weight excluding hydrogens is 851 g/mol. The Morgan fingerprint density at radius 1 is 0.275 bits per heavy atom. The number of hydrogen-bond acceptors (Lipinski definition) is 2. The highest BCUT2D eigenvalue weighted by atomic mass is 32.1. The second-order valence-corrected chi connectivity index (χ2v) is 19.8. The molecule has 0 radical (unpaired) electrons. The van der Waals surface area contributed by atoms with Crippen LogP contribution < -0.4 is 4.90 Å². The maximum Gasteiger partial charge on any atom is 0.0726 e. The number of anilines is 3. The van der Waals surface area contributed by atoms with Gasteiger partial charge < -0.3 is 4.90 Å². The summed E-state index contributed by atoms with van der Waals surface area (Å²) in [5, 5.41) is 10.2. The molecule has 0 bridgehead atoms. The van der Waals surface area contributed by atoms with Crippen molar-refractivity contribution < 1.29 is 0 Å². The predicted molar refractivity (Wildman–Crippen MR) is 294 cm³/mol. The summed E-state index contributed by atoms with van der Waals surface area (Å²) in [6, 6.07) is 93.2. The van der Waals surface area contributed by atoms with E-state index in [0.717, 1.165) is 17.1 Å². The van der Waals surface area contributed by atoms with Gasteiger partial charge in [0, 0.05) is 36.9 Å². The van der Waals surface area contributed by atoms with E-state index in [9.17, 15) is 0 Å². The standard InChI is InChI=1S/C67H41NS/c1-2-15-50-48(14-1)49-16-3-4-21-57(49)66-58(50)22-13-26-63(66)68(46-35-32-43(33-36-46)42-28-30-44(31-29-42)45-34-38-56-55-20-8-12-27-64(55)69-65(56)40-45)47-37-39-54-53-19-7-11-25-61(53)67(62(54)41-47)59-23-9-5-17-51(59)52-18-6-10-24-60(52)67/h1-41H. The van der Waals surface area contributed by atoms with E-state index >= 15 is 0 Å². The fourth-order valence-corrected chi connectivity index (χ4v) is 13.5. The lowest BCUT2D eigenvalue weighted by Crippen LogP contribution is -2.26. The quantitative estimate of drug-likeness (QED) is 0.156. The largest absolute Gasteiger partial charge is 0.310 e. The molecule has 12 aromatic carbocycles. The fourth-order valence-electron chi connectivity index (χ4n) is 12.3. The molecule has 0 saturated heterocycles. The third kappa shape index (κ3) is 5.46. The van der Waals surface area contributed by atoms with Gasteiger partial charge in [0.2, 0.25) is 0 Å². The summed E-state index contributed by atoms with van der Waals surface area (Å²) < 4.78 is 2.66. The van der Waals surface area contributed by atoms with Gasteiger partial charge in [0.15, 0.2) is 0 Å². The van der Waals surface area contributed by atoms with Crippen molar-refractivity contribution in [2.24, 2.45) is 0 Å². The summed E-state index contributed by atoms with van der Waals surface area (Å²) in [4.78, 5) is 2.52. The van der Waals surface area contributed by atoms with Crippen molar-refractivity contribution in [2.75, 3.05) is 4.90 Å². The van der Waals surface area contributed by atoms with Crippen LogP contribution in [0.25, 0.3) is 97.0 Å². The van der Waals surface area contributed by atoms with Gasteiger partial charge in [0.05, 0.1) is 11.1 Å². The first-order chi connectivity index (χ1) is 34.2. The zero-order chi connectivity index (χ0) is 45.2. The Morgan fingerprint density at radius 2 is 0.710 bits per heavy atom. The Balaban J connectivity index is 0.914. The van der Waals surface area contributed by atoms with E-state index in [0.29, 0.717) is 0 Å². The van der Waals surface area contributed by atoms with Gasteiger partial charge in [-0.1, -0.05) is 206 Å². The van der Waals surface area contributed by atoms with Crippen molar-refractivity contribution in [3.63, 3.8) is 0 Å². The molecule has 0 fully saturated rings. The van der Waals surface area contributed by atoms with E-state index < -0.39 is 5.41 Å². The van der Waals surface area contributed by atoms with Gasteiger partial charge in [-0.15, -0.1) is 11.3 Å². The van der Waals surface area contributed by atoms with Crippen molar-refractivity contribution in [3.05, 3.63) is 271 Å². The summed E-state index contributed by atoms with van der Waals surface area (Å²) in [6.07, 6.45) is 0. The molecule has 2 heteroatoms. The number of fused-ring (bicyclic) bond motifs is 19. The average Bonchev–Trinajstić information content (AvgIpc) is 4.05. The van der Waals surface area contributed by atoms with Crippen molar-refractivity contribution in [3.8, 4) is 44.5 Å². The van der Waals surface area contributed by atoms with Gasteiger partial charge in [-0.05, 0) is 136 Å². The maximum atomic E-state index is 2.52. The first-order valence-corrected chi connectivity index (χ1v) is 24.7. The van der Waals surface area contributed by atoms with Crippen LogP contribution in [-0.4, -0.2) is 0 Å². The molecule has 0 unspecified atom stereocenters. The molecular formula is C67H41NS. The van der Waals surface area contributed by atoms with Gasteiger partial charge in [-0.2, -0.15) is 0 Å². The van der Waals surface area contributed by atoms with E-state index in [1.165, 1.54) is 119 Å². The predicted octanol–water partition coefficient (Wildman–Crippen LogP) is 18.7. The summed E-state index contributed by atoms with van der Waals surface area (Å²) in [7, 11) is 0. The second-order valence-electron chi connectivity index (χ2n) is 18.7. The third-order valence-electron chi connectivity index (χ3n) is 15.3. The lowest BCUT2D eigenvalue weighted by atomic mass is 9.70. The molecule has 0 atom stereocenters. The summed E-state index contributed by atoms with van der Waals surface area (Å²) >= 11 is 1.87. The van der Waals surface area contributed by atoms with E-state index in [2.05, 4.69) is 254 Å². The van der Waals surface area contributed by atoms with Gasteiger partial charge >= 0.3 is 0 Å². The minimum Gasteiger partial charge on any atom is -0.310 e. The molecule has 320 valence electrons. The topological polar surface area (TPSA) is 3.24 Å². The molecule has 0 N–H and O–H groups in total. The molecule has 0 aliphatic heterocycles. The van der Waals surface area contributed by atoms with Crippen LogP contribution in [0.3, 0.4) is 0 Å². The minimum absolute atomic E-state index is 0.456. The van der Waals surface area contributed by atoms with Crippen LogP contribution in [0.1, 0.15) is 22.3 Å². The molecule has 0 saturated carbocycles. The monoisotopic (exact) mass is 891 g/mol. The fraction of sp³-hybridized carbons (Fsp3) is 0.0149. The van der Waals surface area contributed by atoms with Crippen molar-refractivity contribution in [2.45, 2.75) is 5.41 Å². The zero-order valence-electron chi connectivity index (χ0n) is 37.5. The molecule has 1 heterocycles. The second kappa shape index (κ2) is 14.7. The van der Waals surface area contributed by atoms with Crippen molar-refractivity contribution in [1.29, 1.82) is 0 Å². The SMILES string of the molecule is c1ccc2c(c1)-c1ccccc1C21c2ccccc2-c2ccc(N(c3ccc(-c4ccc(-c5ccc6c(c5)sc5ccccc56)cc4)cc3)c3cccc4c5ccccc5c5ccccc5c34)cc21. The number of benzene rings is 12. The molecule has 69 heavy (non-hydrogen) atoms. The molecule has 1 spiro atoms.